The van der Waals surface area contributed by atoms with Crippen LogP contribution in [-0.4, -0.2) is 0 Å². The van der Waals surface area contributed by atoms with E-state index in [0.29, 0.717) is 0 Å². The van der Waals surface area contributed by atoms with Gasteiger partial charge in [-0.3, -0.25) is 0 Å². The van der Waals surface area contributed by atoms with Gasteiger partial charge >= 0.3 is 0 Å². The van der Waals surface area contributed by atoms with Gasteiger partial charge in [-0.1, -0.05) is 170 Å². The summed E-state index contributed by atoms with van der Waals surface area (Å²) in [5.41, 5.74) is 14.3. The number of para-hydroxylation sites is 2. The summed E-state index contributed by atoms with van der Waals surface area (Å²) in [5.74, 6) is 0. The standard InChI is InChI=1S/C52H35NO/c1-3-12-36(13-4-1)38-24-29-44(30-25-38)53(45-31-26-40(27-32-45)47-19-11-20-49-48-18-9-10-21-51(48)54-52(47)49)50-35-43(28-33-46(50)39-15-5-2-6-16-39)42-23-22-37-14-7-8-17-41(37)34-42/h1-35H. The molecular formula is C52H35NO. The van der Waals surface area contributed by atoms with Gasteiger partial charge in [0.25, 0.3) is 0 Å². The fraction of sp³-hybridized carbons (Fsp3) is 0. The van der Waals surface area contributed by atoms with Crippen molar-refractivity contribution < 1.29 is 4.42 Å². The number of rotatable bonds is 7. The van der Waals surface area contributed by atoms with Gasteiger partial charge in [-0.25, -0.2) is 0 Å². The Kier molecular flexibility index (Phi) is 7.85. The predicted octanol–water partition coefficient (Wildman–Crippen LogP) is 14.9. The van der Waals surface area contributed by atoms with Crippen LogP contribution in [0.3, 0.4) is 0 Å². The second kappa shape index (κ2) is 13.4. The molecule has 2 nitrogen and oxygen atoms in total. The Labute approximate surface area is 314 Å². The first-order valence-corrected chi connectivity index (χ1v) is 18.4. The van der Waals surface area contributed by atoms with Crippen molar-refractivity contribution in [1.29, 1.82) is 0 Å². The highest BCUT2D eigenvalue weighted by Crippen LogP contribution is 2.44. The van der Waals surface area contributed by atoms with Crippen LogP contribution in [0, 0.1) is 0 Å². The summed E-state index contributed by atoms with van der Waals surface area (Å²) in [7, 11) is 0. The summed E-state index contributed by atoms with van der Waals surface area (Å²) in [6.07, 6.45) is 0. The maximum absolute atomic E-state index is 6.44. The first-order chi connectivity index (χ1) is 26.8. The van der Waals surface area contributed by atoms with Gasteiger partial charge in [-0.2, -0.15) is 0 Å². The summed E-state index contributed by atoms with van der Waals surface area (Å²) < 4.78 is 6.44. The van der Waals surface area contributed by atoms with E-state index < -0.39 is 0 Å². The normalized spacial score (nSPS) is 11.3. The second-order valence-corrected chi connectivity index (χ2v) is 13.7. The molecule has 0 unspecified atom stereocenters. The van der Waals surface area contributed by atoms with Crippen LogP contribution in [0.25, 0.3) is 77.2 Å². The number of furan rings is 1. The van der Waals surface area contributed by atoms with Gasteiger partial charge in [0.15, 0.2) is 0 Å². The van der Waals surface area contributed by atoms with Crippen molar-refractivity contribution in [3.63, 3.8) is 0 Å². The first-order valence-electron chi connectivity index (χ1n) is 18.4. The lowest BCUT2D eigenvalue weighted by atomic mass is 9.95. The van der Waals surface area contributed by atoms with Crippen LogP contribution >= 0.6 is 0 Å². The minimum atomic E-state index is 0.904. The quantitative estimate of drug-likeness (QED) is 0.166. The zero-order chi connectivity index (χ0) is 35.8. The number of anilines is 3. The van der Waals surface area contributed by atoms with E-state index in [2.05, 4.69) is 205 Å². The van der Waals surface area contributed by atoms with Crippen molar-refractivity contribution in [2.45, 2.75) is 0 Å². The van der Waals surface area contributed by atoms with Crippen LogP contribution in [0.1, 0.15) is 0 Å². The molecule has 0 saturated carbocycles. The van der Waals surface area contributed by atoms with E-state index in [1.807, 2.05) is 12.1 Å². The molecule has 0 aliphatic carbocycles. The smallest absolute Gasteiger partial charge is 0.143 e. The molecule has 0 amide bonds. The fourth-order valence-electron chi connectivity index (χ4n) is 7.75. The molecule has 0 N–H and O–H groups in total. The van der Waals surface area contributed by atoms with Gasteiger partial charge in [0.2, 0.25) is 0 Å². The van der Waals surface area contributed by atoms with E-state index in [1.54, 1.807) is 0 Å². The second-order valence-electron chi connectivity index (χ2n) is 13.7. The molecule has 254 valence electrons. The molecule has 0 saturated heterocycles. The molecule has 10 rings (SSSR count). The Hall–Kier alpha value is -7.16. The van der Waals surface area contributed by atoms with Crippen molar-refractivity contribution in [2.75, 3.05) is 4.90 Å². The highest BCUT2D eigenvalue weighted by molar-refractivity contribution is 6.09. The van der Waals surface area contributed by atoms with E-state index in [-0.39, 0.29) is 0 Å². The molecular weight excluding hydrogens is 655 g/mol. The number of benzene rings is 9. The minimum Gasteiger partial charge on any atom is -0.455 e. The van der Waals surface area contributed by atoms with E-state index >= 15 is 0 Å². The lowest BCUT2D eigenvalue weighted by molar-refractivity contribution is 0.670. The third kappa shape index (κ3) is 5.71. The molecule has 0 radical (unpaired) electrons. The van der Waals surface area contributed by atoms with Crippen LogP contribution in [0.15, 0.2) is 217 Å². The van der Waals surface area contributed by atoms with Crippen molar-refractivity contribution in [2.24, 2.45) is 0 Å². The molecule has 1 aromatic heterocycles. The summed E-state index contributed by atoms with van der Waals surface area (Å²) >= 11 is 0. The maximum atomic E-state index is 6.44. The van der Waals surface area contributed by atoms with Gasteiger partial charge in [0.1, 0.15) is 11.2 Å². The number of fused-ring (bicyclic) bond motifs is 4. The summed E-state index contributed by atoms with van der Waals surface area (Å²) in [5, 5.41) is 4.73. The van der Waals surface area contributed by atoms with Crippen LogP contribution in [0.5, 0.6) is 0 Å². The van der Waals surface area contributed by atoms with Gasteiger partial charge in [-0.05, 0) is 86.6 Å². The van der Waals surface area contributed by atoms with Gasteiger partial charge < -0.3 is 9.32 Å². The average Bonchev–Trinajstić information content (AvgIpc) is 3.64. The van der Waals surface area contributed by atoms with Crippen LogP contribution in [-0.2, 0) is 0 Å². The lowest BCUT2D eigenvalue weighted by Gasteiger charge is -2.29. The summed E-state index contributed by atoms with van der Waals surface area (Å²) in [6.45, 7) is 0. The van der Waals surface area contributed by atoms with E-state index in [0.717, 1.165) is 66.8 Å². The summed E-state index contributed by atoms with van der Waals surface area (Å²) in [6, 6.07) is 76.0. The van der Waals surface area contributed by atoms with Crippen LogP contribution in [0.4, 0.5) is 17.1 Å². The van der Waals surface area contributed by atoms with Crippen molar-refractivity contribution in [1.82, 2.24) is 0 Å². The predicted molar refractivity (Wildman–Crippen MR) is 228 cm³/mol. The number of hydrogen-bond acceptors (Lipinski definition) is 2. The molecule has 0 bridgehead atoms. The molecule has 0 atom stereocenters. The third-order valence-electron chi connectivity index (χ3n) is 10.5. The Morgan fingerprint density at radius 2 is 0.852 bits per heavy atom. The first kappa shape index (κ1) is 31.6. The Bertz CT molecular complexity index is 2910. The van der Waals surface area contributed by atoms with Crippen molar-refractivity contribution in [3.05, 3.63) is 212 Å². The largest absolute Gasteiger partial charge is 0.455 e. The summed E-state index contributed by atoms with van der Waals surface area (Å²) in [4.78, 5) is 2.40. The molecule has 2 heteroatoms. The van der Waals surface area contributed by atoms with Crippen molar-refractivity contribution in [3.8, 4) is 44.5 Å². The molecule has 1 heterocycles. The fourth-order valence-corrected chi connectivity index (χ4v) is 7.75. The zero-order valence-corrected chi connectivity index (χ0v) is 29.6. The van der Waals surface area contributed by atoms with E-state index in [4.69, 9.17) is 4.42 Å². The Morgan fingerprint density at radius 1 is 0.315 bits per heavy atom. The van der Waals surface area contributed by atoms with Gasteiger partial charge in [-0.15, -0.1) is 0 Å². The Morgan fingerprint density at radius 3 is 1.61 bits per heavy atom. The molecule has 0 fully saturated rings. The lowest BCUT2D eigenvalue weighted by Crippen LogP contribution is -2.11. The zero-order valence-electron chi connectivity index (χ0n) is 29.6. The topological polar surface area (TPSA) is 16.4 Å². The molecule has 54 heavy (non-hydrogen) atoms. The van der Waals surface area contributed by atoms with Crippen LogP contribution in [0.2, 0.25) is 0 Å². The van der Waals surface area contributed by atoms with Gasteiger partial charge in [0, 0.05) is 33.3 Å². The monoisotopic (exact) mass is 689 g/mol. The molecule has 0 aliphatic heterocycles. The molecule has 10 aromatic rings. The number of hydrogen-bond donors (Lipinski definition) is 0. The van der Waals surface area contributed by atoms with Crippen LogP contribution < -0.4 is 4.90 Å². The maximum Gasteiger partial charge on any atom is 0.143 e. The van der Waals surface area contributed by atoms with E-state index in [1.165, 1.54) is 27.5 Å². The molecule has 0 aliphatic rings. The van der Waals surface area contributed by atoms with E-state index in [9.17, 15) is 0 Å². The van der Waals surface area contributed by atoms with Crippen molar-refractivity contribution >= 4 is 49.8 Å². The highest BCUT2D eigenvalue weighted by atomic mass is 16.3. The third-order valence-corrected chi connectivity index (χ3v) is 10.5. The average molecular weight is 690 g/mol. The minimum absolute atomic E-state index is 0.904. The van der Waals surface area contributed by atoms with Gasteiger partial charge in [0.05, 0.1) is 5.69 Å². The molecule has 9 aromatic carbocycles. The molecule has 0 spiro atoms. The SMILES string of the molecule is c1ccc(-c2ccc(N(c3ccc(-c4cccc5c4oc4ccccc45)cc3)c3cc(-c4ccc5ccccc5c4)ccc3-c3ccccc3)cc2)cc1. The Balaban J connectivity index is 1.15. The highest BCUT2D eigenvalue weighted by Gasteiger charge is 2.20. The number of nitrogens with zero attached hydrogens (tertiary/aromatic N) is 1.